The van der Waals surface area contributed by atoms with Crippen molar-refractivity contribution >= 4 is 23.5 Å². The molecule has 1 aromatic heterocycles. The zero-order chi connectivity index (χ0) is 33.7. The first-order valence-electron chi connectivity index (χ1n) is 15.9. The van der Waals surface area contributed by atoms with Gasteiger partial charge in [0, 0.05) is 49.8 Å². The monoisotopic (exact) mass is 638 g/mol. The molecule has 0 bridgehead atoms. The molecular weight excluding hydrogens is 596 g/mol. The SMILES string of the molecule is CC(c1ccc(COc2cccc3c2CN(C(CCC(=O)OC(C)(C)C)C(N)=O)C3=O)cc1)N1CCN(c2ccc(C#N)nc2)CC1. The first kappa shape index (κ1) is 33.4. The first-order chi connectivity index (χ1) is 22.4. The van der Waals surface area contributed by atoms with E-state index in [1.165, 1.54) is 10.5 Å². The van der Waals surface area contributed by atoms with Crippen molar-refractivity contribution in [3.63, 3.8) is 0 Å². The van der Waals surface area contributed by atoms with Crippen LogP contribution in [0.1, 0.15) is 79.3 Å². The molecule has 1 saturated heterocycles. The number of anilines is 1. The van der Waals surface area contributed by atoms with Gasteiger partial charge in [-0.3, -0.25) is 19.3 Å². The Morgan fingerprint density at radius 1 is 1.04 bits per heavy atom. The first-order valence-corrected chi connectivity index (χ1v) is 15.9. The number of pyridine rings is 1. The summed E-state index contributed by atoms with van der Waals surface area (Å²) in [5.74, 6) is -0.859. The van der Waals surface area contributed by atoms with E-state index in [1.807, 2.05) is 12.1 Å². The summed E-state index contributed by atoms with van der Waals surface area (Å²) in [4.78, 5) is 48.3. The molecule has 47 heavy (non-hydrogen) atoms. The standard InChI is InChI=1S/C36H42N6O5/c1-24(40-16-18-41(19-17-40)28-13-12-27(20-37)39-21-28)26-10-8-25(9-11-26)23-46-32-7-5-6-29-30(32)22-42(35(29)45)31(34(38)44)14-15-33(43)47-36(2,3)4/h5-13,21,24,31H,14-19,22-23H2,1-4H3,(H2,38,44). The van der Waals surface area contributed by atoms with Gasteiger partial charge in [0.2, 0.25) is 5.91 Å². The Morgan fingerprint density at radius 3 is 2.38 bits per heavy atom. The number of nitrogens with two attached hydrogens (primary N) is 1. The Hall–Kier alpha value is -4.95. The second kappa shape index (κ2) is 14.2. The predicted octanol–water partition coefficient (Wildman–Crippen LogP) is 4.35. The number of rotatable bonds is 11. The summed E-state index contributed by atoms with van der Waals surface area (Å²) in [7, 11) is 0. The summed E-state index contributed by atoms with van der Waals surface area (Å²) in [5, 5.41) is 9.00. The summed E-state index contributed by atoms with van der Waals surface area (Å²) < 4.78 is 11.6. The number of aromatic nitrogens is 1. The molecule has 11 nitrogen and oxygen atoms in total. The lowest BCUT2D eigenvalue weighted by molar-refractivity contribution is -0.155. The number of hydrogen-bond acceptors (Lipinski definition) is 9. The molecule has 1 fully saturated rings. The van der Waals surface area contributed by atoms with E-state index in [4.69, 9.17) is 20.5 Å². The van der Waals surface area contributed by atoms with E-state index in [0.717, 1.165) is 37.4 Å². The van der Waals surface area contributed by atoms with Crippen LogP contribution in [0.2, 0.25) is 0 Å². The molecule has 5 rings (SSSR count). The van der Waals surface area contributed by atoms with Gasteiger partial charge in [0.1, 0.15) is 35.8 Å². The predicted molar refractivity (Wildman–Crippen MR) is 176 cm³/mol. The van der Waals surface area contributed by atoms with Gasteiger partial charge >= 0.3 is 5.97 Å². The van der Waals surface area contributed by atoms with Crippen LogP contribution in [0.5, 0.6) is 5.75 Å². The smallest absolute Gasteiger partial charge is 0.306 e. The number of carbonyl (C=O) groups is 3. The van der Waals surface area contributed by atoms with Crippen LogP contribution in [-0.4, -0.2) is 70.4 Å². The van der Waals surface area contributed by atoms with Crippen LogP contribution in [0, 0.1) is 11.3 Å². The quantitative estimate of drug-likeness (QED) is 0.304. The van der Waals surface area contributed by atoms with Crippen LogP contribution < -0.4 is 15.4 Å². The number of primary amides is 1. The van der Waals surface area contributed by atoms with Gasteiger partial charge in [-0.1, -0.05) is 30.3 Å². The maximum Gasteiger partial charge on any atom is 0.306 e. The zero-order valence-corrected chi connectivity index (χ0v) is 27.4. The van der Waals surface area contributed by atoms with Crippen molar-refractivity contribution in [2.45, 2.75) is 71.4 Å². The molecule has 0 spiro atoms. The number of amides is 2. The van der Waals surface area contributed by atoms with Gasteiger partial charge in [-0.2, -0.15) is 5.26 Å². The van der Waals surface area contributed by atoms with Crippen LogP contribution in [0.3, 0.4) is 0 Å². The highest BCUT2D eigenvalue weighted by atomic mass is 16.6. The lowest BCUT2D eigenvalue weighted by Gasteiger charge is -2.39. The average molecular weight is 639 g/mol. The number of piperazine rings is 1. The molecule has 0 saturated carbocycles. The van der Waals surface area contributed by atoms with E-state index < -0.39 is 23.5 Å². The number of esters is 1. The largest absolute Gasteiger partial charge is 0.489 e. The molecule has 3 heterocycles. The molecule has 2 atom stereocenters. The van der Waals surface area contributed by atoms with Gasteiger partial charge in [0.15, 0.2) is 0 Å². The molecule has 2 unspecified atom stereocenters. The number of nitriles is 1. The minimum atomic E-state index is -0.944. The molecule has 2 aromatic carbocycles. The molecule has 3 aromatic rings. The minimum Gasteiger partial charge on any atom is -0.489 e. The number of benzene rings is 2. The number of fused-ring (bicyclic) bond motifs is 1. The number of carbonyl (C=O) groups excluding carboxylic acids is 3. The third-order valence-electron chi connectivity index (χ3n) is 8.65. The Kier molecular flexibility index (Phi) is 10.1. The Balaban J connectivity index is 1.16. The van der Waals surface area contributed by atoms with Gasteiger partial charge in [-0.05, 0) is 69.5 Å². The number of hydrogen-bond donors (Lipinski definition) is 1. The van der Waals surface area contributed by atoms with E-state index in [1.54, 1.807) is 45.2 Å². The summed E-state index contributed by atoms with van der Waals surface area (Å²) >= 11 is 0. The van der Waals surface area contributed by atoms with Gasteiger partial charge in [-0.25, -0.2) is 4.98 Å². The van der Waals surface area contributed by atoms with Crippen LogP contribution in [-0.2, 0) is 27.5 Å². The highest BCUT2D eigenvalue weighted by molar-refractivity contribution is 6.01. The second-order valence-electron chi connectivity index (χ2n) is 13.0. The Bertz CT molecular complexity index is 1640. The molecule has 0 aliphatic carbocycles. The lowest BCUT2D eigenvalue weighted by Crippen LogP contribution is -2.47. The topological polar surface area (TPSA) is 142 Å². The lowest BCUT2D eigenvalue weighted by atomic mass is 10.0. The summed E-state index contributed by atoms with van der Waals surface area (Å²) in [5.41, 5.74) is 9.87. The van der Waals surface area contributed by atoms with E-state index in [9.17, 15) is 14.4 Å². The fourth-order valence-electron chi connectivity index (χ4n) is 6.08. The van der Waals surface area contributed by atoms with Crippen LogP contribution in [0.4, 0.5) is 5.69 Å². The van der Waals surface area contributed by atoms with Crippen LogP contribution in [0.15, 0.2) is 60.8 Å². The fraction of sp³-hybridized carbons (Fsp3) is 0.417. The Labute approximate surface area is 275 Å². The van der Waals surface area contributed by atoms with Gasteiger partial charge in [0.05, 0.1) is 18.4 Å². The van der Waals surface area contributed by atoms with Gasteiger partial charge in [-0.15, -0.1) is 0 Å². The third-order valence-corrected chi connectivity index (χ3v) is 8.65. The van der Waals surface area contributed by atoms with Crippen molar-refractivity contribution in [2.75, 3.05) is 31.1 Å². The fourth-order valence-corrected chi connectivity index (χ4v) is 6.08. The number of nitrogens with zero attached hydrogens (tertiary/aromatic N) is 5. The molecule has 2 aliphatic heterocycles. The summed E-state index contributed by atoms with van der Waals surface area (Å²) in [6, 6.07) is 18.7. The van der Waals surface area contributed by atoms with E-state index in [0.29, 0.717) is 29.2 Å². The van der Waals surface area contributed by atoms with Crippen molar-refractivity contribution in [1.29, 1.82) is 5.26 Å². The normalized spacial score (nSPS) is 16.3. The van der Waals surface area contributed by atoms with Crippen molar-refractivity contribution in [3.8, 4) is 11.8 Å². The zero-order valence-electron chi connectivity index (χ0n) is 27.4. The summed E-state index contributed by atoms with van der Waals surface area (Å²) in [6.45, 7) is 11.6. The van der Waals surface area contributed by atoms with E-state index in [-0.39, 0.29) is 31.3 Å². The van der Waals surface area contributed by atoms with E-state index in [2.05, 4.69) is 52.0 Å². The molecular formula is C36H42N6O5. The third kappa shape index (κ3) is 8.07. The van der Waals surface area contributed by atoms with Gasteiger partial charge < -0.3 is 25.0 Å². The minimum absolute atomic E-state index is 0.0323. The highest BCUT2D eigenvalue weighted by Gasteiger charge is 2.37. The van der Waals surface area contributed by atoms with Crippen LogP contribution >= 0.6 is 0 Å². The van der Waals surface area contributed by atoms with Gasteiger partial charge in [0.25, 0.3) is 5.91 Å². The molecule has 2 aliphatic rings. The van der Waals surface area contributed by atoms with Crippen molar-refractivity contribution < 1.29 is 23.9 Å². The Morgan fingerprint density at radius 2 is 1.77 bits per heavy atom. The average Bonchev–Trinajstić information content (AvgIpc) is 3.39. The van der Waals surface area contributed by atoms with E-state index >= 15 is 0 Å². The molecule has 11 heteroatoms. The van der Waals surface area contributed by atoms with Crippen LogP contribution in [0.25, 0.3) is 0 Å². The summed E-state index contributed by atoms with van der Waals surface area (Å²) in [6.07, 6.45) is 1.81. The maximum atomic E-state index is 13.3. The molecule has 0 radical (unpaired) electrons. The molecule has 2 amide bonds. The van der Waals surface area contributed by atoms with Crippen molar-refractivity contribution in [2.24, 2.45) is 5.73 Å². The molecule has 2 N–H and O–H groups in total. The van der Waals surface area contributed by atoms with Crippen molar-refractivity contribution in [1.82, 2.24) is 14.8 Å². The highest BCUT2D eigenvalue weighted by Crippen LogP contribution is 2.34. The second-order valence-corrected chi connectivity index (χ2v) is 13.0. The maximum absolute atomic E-state index is 13.3. The van der Waals surface area contributed by atoms with Crippen molar-refractivity contribution in [3.05, 3.63) is 88.7 Å². The molecule has 246 valence electrons. The number of ether oxygens (including phenoxy) is 2.